The molecule has 1 heterocycles. The summed E-state index contributed by atoms with van der Waals surface area (Å²) in [5, 5.41) is 9.02. The average Bonchev–Trinajstić information content (AvgIpc) is 2.17. The molecule has 82 valence electrons. The Balaban J connectivity index is 1.97. The molecule has 1 N–H and O–H groups in total. The molecule has 1 saturated heterocycles. The van der Waals surface area contributed by atoms with Crippen molar-refractivity contribution >= 4 is 11.6 Å². The van der Waals surface area contributed by atoms with Gasteiger partial charge in [0.2, 0.25) is 0 Å². The second-order valence-corrected chi connectivity index (χ2v) is 4.36. The van der Waals surface area contributed by atoms with Crippen LogP contribution in [0.2, 0.25) is 5.02 Å². The van der Waals surface area contributed by atoms with Gasteiger partial charge in [0.25, 0.3) is 0 Å². The van der Waals surface area contributed by atoms with Crippen LogP contribution >= 0.6 is 11.6 Å². The van der Waals surface area contributed by atoms with Crippen molar-refractivity contribution in [3.8, 4) is 0 Å². The van der Waals surface area contributed by atoms with Crippen LogP contribution in [0.15, 0.2) is 18.2 Å². The molecule has 0 aromatic heterocycles. The zero-order valence-electron chi connectivity index (χ0n) is 8.29. The molecule has 0 aliphatic carbocycles. The number of hydrogen-bond acceptors (Lipinski definition) is 2. The average molecular weight is 230 g/mol. The van der Waals surface area contributed by atoms with Crippen LogP contribution < -0.4 is 0 Å². The van der Waals surface area contributed by atoms with E-state index >= 15 is 0 Å². The molecule has 0 radical (unpaired) electrons. The molecule has 0 amide bonds. The van der Waals surface area contributed by atoms with Crippen molar-refractivity contribution < 1.29 is 9.50 Å². The van der Waals surface area contributed by atoms with E-state index in [0.717, 1.165) is 13.1 Å². The molecule has 0 atom stereocenters. The van der Waals surface area contributed by atoms with Crippen LogP contribution in [-0.2, 0) is 6.54 Å². The highest BCUT2D eigenvalue weighted by Crippen LogP contribution is 2.22. The fraction of sp³-hybridized carbons (Fsp3) is 0.455. The van der Waals surface area contributed by atoms with Gasteiger partial charge in [0.1, 0.15) is 5.82 Å². The summed E-state index contributed by atoms with van der Waals surface area (Å²) < 4.78 is 13.5. The quantitative estimate of drug-likeness (QED) is 0.856. The molecule has 15 heavy (non-hydrogen) atoms. The summed E-state index contributed by atoms with van der Waals surface area (Å²) in [6, 6.07) is 5.05. The van der Waals surface area contributed by atoms with E-state index in [1.165, 1.54) is 0 Å². The lowest BCUT2D eigenvalue weighted by Crippen LogP contribution is -2.47. The molecular weight excluding hydrogens is 217 g/mol. The van der Waals surface area contributed by atoms with Crippen molar-refractivity contribution in [1.82, 2.24) is 4.90 Å². The largest absolute Gasteiger partial charge is 0.396 e. The molecule has 0 spiro atoms. The summed E-state index contributed by atoms with van der Waals surface area (Å²) >= 11 is 5.68. The topological polar surface area (TPSA) is 23.5 Å². The Labute approximate surface area is 93.3 Å². The van der Waals surface area contributed by atoms with Gasteiger partial charge in [0.05, 0.1) is 5.02 Å². The molecule has 0 saturated carbocycles. The van der Waals surface area contributed by atoms with Gasteiger partial charge >= 0.3 is 0 Å². The Kier molecular flexibility index (Phi) is 3.24. The molecule has 1 fully saturated rings. The molecule has 2 nitrogen and oxygen atoms in total. The van der Waals surface area contributed by atoms with Crippen LogP contribution in [-0.4, -0.2) is 29.7 Å². The highest BCUT2D eigenvalue weighted by molar-refractivity contribution is 6.30. The minimum absolute atomic E-state index is 0.173. The Morgan fingerprint density at radius 3 is 2.87 bits per heavy atom. The zero-order chi connectivity index (χ0) is 10.8. The van der Waals surface area contributed by atoms with Gasteiger partial charge in [0, 0.05) is 37.7 Å². The highest BCUT2D eigenvalue weighted by atomic mass is 35.5. The maximum atomic E-state index is 13.5. The van der Waals surface area contributed by atoms with E-state index in [-0.39, 0.29) is 17.4 Å². The molecule has 0 bridgehead atoms. The van der Waals surface area contributed by atoms with Crippen molar-refractivity contribution in [2.45, 2.75) is 6.54 Å². The number of hydrogen-bond donors (Lipinski definition) is 1. The molecule has 1 aliphatic heterocycles. The second-order valence-electron chi connectivity index (χ2n) is 3.96. The van der Waals surface area contributed by atoms with Crippen molar-refractivity contribution in [1.29, 1.82) is 0 Å². The second kappa shape index (κ2) is 4.47. The van der Waals surface area contributed by atoms with Gasteiger partial charge in [-0.25, -0.2) is 4.39 Å². The van der Waals surface area contributed by atoms with E-state index in [1.807, 2.05) is 0 Å². The summed E-state index contributed by atoms with van der Waals surface area (Å²) in [6.45, 7) is 2.46. The third-order valence-corrected chi connectivity index (χ3v) is 3.01. The predicted molar refractivity (Wildman–Crippen MR) is 57.3 cm³/mol. The first kappa shape index (κ1) is 10.9. The Hall–Kier alpha value is -0.640. The first-order valence-electron chi connectivity index (χ1n) is 4.97. The Morgan fingerprint density at radius 2 is 2.20 bits per heavy atom. The molecule has 4 heteroatoms. The molecule has 1 aliphatic rings. The summed E-state index contributed by atoms with van der Waals surface area (Å²) in [5.74, 6) is 0.0267. The lowest BCUT2D eigenvalue weighted by molar-refractivity contribution is 0.0471. The molecule has 0 unspecified atom stereocenters. The highest BCUT2D eigenvalue weighted by Gasteiger charge is 2.26. The maximum absolute atomic E-state index is 13.5. The number of aliphatic hydroxyl groups excluding tert-OH is 1. The maximum Gasteiger partial charge on any atom is 0.146 e. The van der Waals surface area contributed by atoms with E-state index < -0.39 is 0 Å². The summed E-state index contributed by atoms with van der Waals surface area (Å²) in [6.07, 6.45) is 0. The van der Waals surface area contributed by atoms with Crippen LogP contribution in [0.25, 0.3) is 0 Å². The van der Waals surface area contributed by atoms with E-state index in [2.05, 4.69) is 4.90 Å². The monoisotopic (exact) mass is 229 g/mol. The fourth-order valence-corrected chi connectivity index (χ4v) is 2.03. The van der Waals surface area contributed by atoms with Gasteiger partial charge in [0.15, 0.2) is 0 Å². The molecule has 1 aromatic rings. The number of aliphatic hydroxyl groups is 1. The third kappa shape index (κ3) is 2.30. The standard InChI is InChI=1S/C11H13ClFNO/c12-10-3-1-2-9(11(10)13)6-14-4-8(5-14)7-15/h1-3,8,15H,4-7H2. The number of benzene rings is 1. The van der Waals surface area contributed by atoms with Crippen molar-refractivity contribution in [3.63, 3.8) is 0 Å². The summed E-state index contributed by atoms with van der Waals surface area (Å²) in [4.78, 5) is 2.09. The minimum Gasteiger partial charge on any atom is -0.396 e. The van der Waals surface area contributed by atoms with Crippen LogP contribution in [0, 0.1) is 11.7 Å². The Morgan fingerprint density at radius 1 is 1.47 bits per heavy atom. The van der Waals surface area contributed by atoms with Crippen LogP contribution in [0.1, 0.15) is 5.56 Å². The predicted octanol–water partition coefficient (Wildman–Crippen LogP) is 1.90. The molecule has 1 aromatic carbocycles. The van der Waals surface area contributed by atoms with E-state index in [9.17, 15) is 4.39 Å². The number of likely N-dealkylation sites (tertiary alicyclic amines) is 1. The van der Waals surface area contributed by atoms with Crippen LogP contribution in [0.5, 0.6) is 0 Å². The minimum atomic E-state index is -0.327. The van der Waals surface area contributed by atoms with Gasteiger partial charge in [-0.2, -0.15) is 0 Å². The lowest BCUT2D eigenvalue weighted by Gasteiger charge is -2.38. The normalized spacial score (nSPS) is 17.8. The number of nitrogens with zero attached hydrogens (tertiary/aromatic N) is 1. The lowest BCUT2D eigenvalue weighted by atomic mass is 10.0. The van der Waals surface area contributed by atoms with Gasteiger partial charge < -0.3 is 5.11 Å². The summed E-state index contributed by atoms with van der Waals surface area (Å²) in [7, 11) is 0. The fourth-order valence-electron chi connectivity index (χ4n) is 1.83. The zero-order valence-corrected chi connectivity index (χ0v) is 9.04. The van der Waals surface area contributed by atoms with Crippen molar-refractivity contribution in [2.75, 3.05) is 19.7 Å². The smallest absolute Gasteiger partial charge is 0.146 e. The van der Waals surface area contributed by atoms with Gasteiger partial charge in [-0.1, -0.05) is 23.7 Å². The van der Waals surface area contributed by atoms with Crippen LogP contribution in [0.4, 0.5) is 4.39 Å². The Bertz CT molecular complexity index is 352. The van der Waals surface area contributed by atoms with Crippen molar-refractivity contribution in [3.05, 3.63) is 34.6 Å². The van der Waals surface area contributed by atoms with E-state index in [4.69, 9.17) is 16.7 Å². The number of halogens is 2. The van der Waals surface area contributed by atoms with Gasteiger partial charge in [-0.15, -0.1) is 0 Å². The first-order valence-corrected chi connectivity index (χ1v) is 5.34. The van der Waals surface area contributed by atoms with E-state index in [0.29, 0.717) is 18.0 Å². The SMILES string of the molecule is OCC1CN(Cc2cccc(Cl)c2F)C1. The first-order chi connectivity index (χ1) is 7.20. The summed E-state index contributed by atoms with van der Waals surface area (Å²) in [5.41, 5.74) is 0.624. The molecule has 2 rings (SSSR count). The van der Waals surface area contributed by atoms with Gasteiger partial charge in [-0.05, 0) is 6.07 Å². The van der Waals surface area contributed by atoms with Crippen molar-refractivity contribution in [2.24, 2.45) is 5.92 Å². The van der Waals surface area contributed by atoms with Gasteiger partial charge in [-0.3, -0.25) is 4.90 Å². The molecular formula is C11H13ClFNO. The number of rotatable bonds is 3. The van der Waals surface area contributed by atoms with Crippen LogP contribution in [0.3, 0.4) is 0 Å². The third-order valence-electron chi connectivity index (χ3n) is 2.72. The van der Waals surface area contributed by atoms with E-state index in [1.54, 1.807) is 18.2 Å².